The van der Waals surface area contributed by atoms with Crippen LogP contribution in [0.2, 0.25) is 0 Å². The maximum Gasteiger partial charge on any atom is 0.164 e. The van der Waals surface area contributed by atoms with E-state index in [-0.39, 0.29) is 0 Å². The molecule has 3 heteroatoms. The van der Waals surface area contributed by atoms with E-state index in [1.807, 2.05) is 12.1 Å². The number of hydrogen-bond acceptors (Lipinski definition) is 2. The summed E-state index contributed by atoms with van der Waals surface area (Å²) in [6.45, 7) is 6.49. The third-order valence-corrected chi connectivity index (χ3v) is 2.89. The fourth-order valence-corrected chi connectivity index (χ4v) is 1.92. The standard InChI is InChI=1S/C12H20INO/c1-10(2)5-3-4-8-14-9-11-6-7-12(13)15-11/h6-7,10,14H,3-5,8-9H2,1-2H3. The van der Waals surface area contributed by atoms with E-state index in [0.717, 1.165) is 28.5 Å². The summed E-state index contributed by atoms with van der Waals surface area (Å²) in [5, 5.41) is 3.39. The number of rotatable bonds is 7. The maximum atomic E-state index is 5.45. The van der Waals surface area contributed by atoms with Crippen LogP contribution in [0.15, 0.2) is 16.5 Å². The van der Waals surface area contributed by atoms with Crippen LogP contribution in [-0.2, 0) is 6.54 Å². The predicted molar refractivity (Wildman–Crippen MR) is 71.8 cm³/mol. The largest absolute Gasteiger partial charge is 0.454 e. The van der Waals surface area contributed by atoms with Gasteiger partial charge >= 0.3 is 0 Å². The van der Waals surface area contributed by atoms with Crippen molar-refractivity contribution in [3.05, 3.63) is 21.7 Å². The number of unbranched alkanes of at least 4 members (excludes halogenated alkanes) is 1. The molecular formula is C12H20INO. The highest BCUT2D eigenvalue weighted by Gasteiger charge is 1.98. The molecule has 2 nitrogen and oxygen atoms in total. The molecule has 0 atom stereocenters. The summed E-state index contributed by atoms with van der Waals surface area (Å²) < 4.78 is 6.41. The molecule has 1 aromatic heterocycles. The van der Waals surface area contributed by atoms with Crippen LogP contribution >= 0.6 is 22.6 Å². The summed E-state index contributed by atoms with van der Waals surface area (Å²) in [7, 11) is 0. The van der Waals surface area contributed by atoms with E-state index in [0.29, 0.717) is 0 Å². The van der Waals surface area contributed by atoms with Gasteiger partial charge in [-0.05, 0) is 53.6 Å². The molecule has 0 amide bonds. The lowest BCUT2D eigenvalue weighted by Crippen LogP contribution is -2.14. The summed E-state index contributed by atoms with van der Waals surface area (Å²) in [5.74, 6) is 1.86. The molecular weight excluding hydrogens is 301 g/mol. The normalized spacial score (nSPS) is 11.2. The van der Waals surface area contributed by atoms with E-state index < -0.39 is 0 Å². The van der Waals surface area contributed by atoms with Gasteiger partial charge < -0.3 is 9.73 Å². The zero-order chi connectivity index (χ0) is 11.1. The Morgan fingerprint density at radius 2 is 2.13 bits per heavy atom. The minimum absolute atomic E-state index is 0.830. The maximum absolute atomic E-state index is 5.45. The highest BCUT2D eigenvalue weighted by Crippen LogP contribution is 2.09. The van der Waals surface area contributed by atoms with Gasteiger partial charge in [0.2, 0.25) is 0 Å². The van der Waals surface area contributed by atoms with Crippen molar-refractivity contribution in [3.63, 3.8) is 0 Å². The Kier molecular flexibility index (Phi) is 6.32. The number of halogens is 1. The first-order valence-electron chi connectivity index (χ1n) is 5.63. The molecule has 1 N–H and O–H groups in total. The van der Waals surface area contributed by atoms with Crippen molar-refractivity contribution in [2.24, 2.45) is 5.92 Å². The Hall–Kier alpha value is -0.0300. The lowest BCUT2D eigenvalue weighted by molar-refractivity contribution is 0.455. The van der Waals surface area contributed by atoms with Gasteiger partial charge in [0.05, 0.1) is 6.54 Å². The second kappa shape index (κ2) is 7.28. The monoisotopic (exact) mass is 321 g/mol. The van der Waals surface area contributed by atoms with Crippen LogP contribution in [-0.4, -0.2) is 6.54 Å². The first-order chi connectivity index (χ1) is 7.18. The number of hydrogen-bond donors (Lipinski definition) is 1. The molecule has 1 heterocycles. The predicted octanol–water partition coefficient (Wildman–Crippen LogP) is 3.80. The molecule has 0 bridgehead atoms. The first kappa shape index (κ1) is 13.0. The molecule has 0 unspecified atom stereocenters. The Balaban J connectivity index is 1.98. The van der Waals surface area contributed by atoms with Crippen molar-refractivity contribution in [1.29, 1.82) is 0 Å². The van der Waals surface area contributed by atoms with Crippen molar-refractivity contribution in [2.45, 2.75) is 39.7 Å². The van der Waals surface area contributed by atoms with Crippen LogP contribution in [0.1, 0.15) is 38.9 Å². The van der Waals surface area contributed by atoms with Gasteiger partial charge in [0.1, 0.15) is 5.76 Å². The second-order valence-electron chi connectivity index (χ2n) is 4.27. The Morgan fingerprint density at radius 1 is 1.33 bits per heavy atom. The van der Waals surface area contributed by atoms with Crippen molar-refractivity contribution in [2.75, 3.05) is 6.54 Å². The highest BCUT2D eigenvalue weighted by molar-refractivity contribution is 14.1. The van der Waals surface area contributed by atoms with E-state index in [2.05, 4.69) is 41.8 Å². The Bertz CT molecular complexity index is 270. The van der Waals surface area contributed by atoms with Crippen LogP contribution in [0.4, 0.5) is 0 Å². The van der Waals surface area contributed by atoms with Gasteiger partial charge in [-0.3, -0.25) is 0 Å². The molecule has 0 saturated carbocycles. The van der Waals surface area contributed by atoms with E-state index in [9.17, 15) is 0 Å². The highest BCUT2D eigenvalue weighted by atomic mass is 127. The van der Waals surface area contributed by atoms with Gasteiger partial charge in [-0.25, -0.2) is 0 Å². The molecule has 86 valence electrons. The lowest BCUT2D eigenvalue weighted by Gasteiger charge is -2.04. The third kappa shape index (κ3) is 6.20. The van der Waals surface area contributed by atoms with E-state index >= 15 is 0 Å². The molecule has 0 aliphatic heterocycles. The summed E-state index contributed by atoms with van der Waals surface area (Å²) >= 11 is 2.19. The third-order valence-electron chi connectivity index (χ3n) is 2.31. The minimum Gasteiger partial charge on any atom is -0.454 e. The summed E-state index contributed by atoms with van der Waals surface area (Å²) in [6.07, 6.45) is 3.91. The van der Waals surface area contributed by atoms with Gasteiger partial charge in [-0.2, -0.15) is 0 Å². The molecule has 0 fully saturated rings. The quantitative estimate of drug-likeness (QED) is 0.610. The van der Waals surface area contributed by atoms with E-state index in [1.54, 1.807) is 0 Å². The molecule has 0 saturated heterocycles. The lowest BCUT2D eigenvalue weighted by atomic mass is 10.1. The van der Waals surface area contributed by atoms with Crippen LogP contribution in [0, 0.1) is 9.68 Å². The molecule has 0 aliphatic carbocycles. The molecule has 15 heavy (non-hydrogen) atoms. The molecule has 0 aliphatic rings. The van der Waals surface area contributed by atoms with Gasteiger partial charge in [0.15, 0.2) is 3.77 Å². The van der Waals surface area contributed by atoms with E-state index in [1.165, 1.54) is 19.3 Å². The molecule has 1 rings (SSSR count). The fourth-order valence-electron chi connectivity index (χ4n) is 1.46. The fraction of sp³-hybridized carbons (Fsp3) is 0.667. The topological polar surface area (TPSA) is 25.2 Å². The zero-order valence-corrected chi connectivity index (χ0v) is 11.7. The van der Waals surface area contributed by atoms with Gasteiger partial charge in [-0.15, -0.1) is 0 Å². The molecule has 0 aromatic carbocycles. The van der Waals surface area contributed by atoms with Gasteiger partial charge in [-0.1, -0.05) is 26.7 Å². The summed E-state index contributed by atoms with van der Waals surface area (Å²) in [6, 6.07) is 4.03. The SMILES string of the molecule is CC(C)CCCCNCc1ccc(I)o1. The minimum atomic E-state index is 0.830. The van der Waals surface area contributed by atoms with E-state index in [4.69, 9.17) is 4.42 Å². The number of nitrogens with one attached hydrogen (secondary N) is 1. The second-order valence-corrected chi connectivity index (χ2v) is 5.34. The summed E-state index contributed by atoms with van der Waals surface area (Å²) in [5.41, 5.74) is 0. The number of furan rings is 1. The van der Waals surface area contributed by atoms with Crippen molar-refractivity contribution < 1.29 is 4.42 Å². The Morgan fingerprint density at radius 3 is 2.73 bits per heavy atom. The van der Waals surface area contributed by atoms with Crippen LogP contribution in [0.25, 0.3) is 0 Å². The van der Waals surface area contributed by atoms with Crippen LogP contribution < -0.4 is 5.32 Å². The first-order valence-corrected chi connectivity index (χ1v) is 6.71. The molecule has 0 radical (unpaired) electrons. The Labute approximate surface area is 106 Å². The van der Waals surface area contributed by atoms with Gasteiger partial charge in [0, 0.05) is 0 Å². The van der Waals surface area contributed by atoms with Gasteiger partial charge in [0.25, 0.3) is 0 Å². The van der Waals surface area contributed by atoms with Crippen molar-refractivity contribution in [1.82, 2.24) is 5.32 Å². The molecule has 0 spiro atoms. The van der Waals surface area contributed by atoms with Crippen molar-refractivity contribution in [3.8, 4) is 0 Å². The van der Waals surface area contributed by atoms with Crippen LogP contribution in [0.5, 0.6) is 0 Å². The average Bonchev–Trinajstić information content (AvgIpc) is 2.57. The zero-order valence-electron chi connectivity index (χ0n) is 9.55. The smallest absolute Gasteiger partial charge is 0.164 e. The van der Waals surface area contributed by atoms with Crippen LogP contribution in [0.3, 0.4) is 0 Å². The van der Waals surface area contributed by atoms with Crippen molar-refractivity contribution >= 4 is 22.6 Å². The summed E-state index contributed by atoms with van der Waals surface area (Å²) in [4.78, 5) is 0. The average molecular weight is 321 g/mol. The molecule has 1 aromatic rings.